The van der Waals surface area contributed by atoms with Crippen LogP contribution < -0.4 is 15.5 Å². The number of anilines is 2. The predicted molar refractivity (Wildman–Crippen MR) is 94.4 cm³/mol. The lowest BCUT2D eigenvalue weighted by Crippen LogP contribution is -2.35. The van der Waals surface area contributed by atoms with Crippen LogP contribution in [0.4, 0.5) is 11.4 Å². The van der Waals surface area contributed by atoms with Gasteiger partial charge >= 0.3 is 0 Å². The van der Waals surface area contributed by atoms with Crippen LogP contribution in [0.5, 0.6) is 0 Å². The number of nitrogens with zero attached hydrogens (tertiary/aromatic N) is 1. The number of aryl methyl sites for hydroxylation is 1. The molecule has 1 saturated heterocycles. The average molecular weight is 317 g/mol. The first kappa shape index (κ1) is 15.3. The third-order valence-electron chi connectivity index (χ3n) is 4.51. The molecule has 0 atom stereocenters. The fourth-order valence-electron chi connectivity index (χ4n) is 3.36. The second-order valence-electron chi connectivity index (χ2n) is 6.23. The summed E-state index contributed by atoms with van der Waals surface area (Å²) in [6.45, 7) is 2.87. The summed E-state index contributed by atoms with van der Waals surface area (Å²) in [5.74, 6) is 0.224. The molecule has 2 aliphatic rings. The molecule has 3 rings (SSSR count). The van der Waals surface area contributed by atoms with E-state index in [1.54, 1.807) is 0 Å². The Balaban J connectivity index is 1.63. The number of rotatable bonds is 3. The molecule has 22 heavy (non-hydrogen) atoms. The number of carbonyl (C=O) groups excluding carboxylic acids is 1. The van der Waals surface area contributed by atoms with E-state index in [0.717, 1.165) is 29.9 Å². The summed E-state index contributed by atoms with van der Waals surface area (Å²) in [7, 11) is 0. The minimum atomic E-state index is 0.224. The summed E-state index contributed by atoms with van der Waals surface area (Å²) in [5.41, 5.74) is 3.09. The highest BCUT2D eigenvalue weighted by Gasteiger charge is 2.23. The number of hydrogen-bond acceptors (Lipinski definition) is 2. The molecule has 0 radical (unpaired) electrons. The number of hydrogen-bond donors (Lipinski definition) is 2. The Morgan fingerprint density at radius 2 is 2.05 bits per heavy atom. The van der Waals surface area contributed by atoms with Crippen molar-refractivity contribution in [2.75, 3.05) is 16.8 Å². The highest BCUT2D eigenvalue weighted by molar-refractivity contribution is 7.80. The molecule has 1 amide bonds. The molecular formula is C17H23N3OS. The smallest absolute Gasteiger partial charge is 0.227 e. The molecule has 0 bridgehead atoms. The van der Waals surface area contributed by atoms with Gasteiger partial charge in [-0.25, -0.2) is 0 Å². The second kappa shape index (κ2) is 6.65. The van der Waals surface area contributed by atoms with Crippen LogP contribution in [0, 0.1) is 6.92 Å². The number of carbonyl (C=O) groups is 1. The monoisotopic (exact) mass is 317 g/mol. The third-order valence-corrected chi connectivity index (χ3v) is 4.73. The Labute approximate surface area is 137 Å². The Kier molecular flexibility index (Phi) is 4.62. The first-order valence-corrected chi connectivity index (χ1v) is 8.53. The van der Waals surface area contributed by atoms with Crippen molar-refractivity contribution in [1.82, 2.24) is 5.32 Å². The van der Waals surface area contributed by atoms with E-state index in [1.807, 2.05) is 24.0 Å². The van der Waals surface area contributed by atoms with Gasteiger partial charge in [0.05, 0.1) is 0 Å². The molecule has 1 aliphatic carbocycles. The van der Waals surface area contributed by atoms with Crippen molar-refractivity contribution in [2.24, 2.45) is 0 Å². The van der Waals surface area contributed by atoms with Crippen LogP contribution in [-0.2, 0) is 4.79 Å². The van der Waals surface area contributed by atoms with Crippen LogP contribution in [0.15, 0.2) is 18.2 Å². The van der Waals surface area contributed by atoms with Crippen LogP contribution >= 0.6 is 12.2 Å². The van der Waals surface area contributed by atoms with Crippen molar-refractivity contribution in [3.63, 3.8) is 0 Å². The zero-order chi connectivity index (χ0) is 15.5. The molecule has 1 heterocycles. The third kappa shape index (κ3) is 3.40. The lowest BCUT2D eigenvalue weighted by atomic mass is 10.1. The Bertz CT molecular complexity index is 581. The maximum Gasteiger partial charge on any atom is 0.227 e. The molecule has 5 heteroatoms. The SMILES string of the molecule is Cc1cc(NC(=S)NC2CCCC2)ccc1N1CCCC1=O. The molecule has 4 nitrogen and oxygen atoms in total. The van der Waals surface area contributed by atoms with E-state index in [9.17, 15) is 4.79 Å². The fraction of sp³-hybridized carbons (Fsp3) is 0.529. The van der Waals surface area contributed by atoms with Gasteiger partial charge < -0.3 is 15.5 Å². The molecule has 1 aromatic rings. The molecule has 2 fully saturated rings. The zero-order valence-electron chi connectivity index (χ0n) is 13.0. The van der Waals surface area contributed by atoms with Crippen LogP contribution in [0.3, 0.4) is 0 Å². The Morgan fingerprint density at radius 3 is 2.68 bits per heavy atom. The molecule has 0 spiro atoms. The van der Waals surface area contributed by atoms with E-state index in [2.05, 4.69) is 16.7 Å². The molecule has 1 aromatic carbocycles. The summed E-state index contributed by atoms with van der Waals surface area (Å²) in [6.07, 6.45) is 6.60. The van der Waals surface area contributed by atoms with E-state index >= 15 is 0 Å². The van der Waals surface area contributed by atoms with Crippen molar-refractivity contribution in [1.29, 1.82) is 0 Å². The second-order valence-corrected chi connectivity index (χ2v) is 6.64. The average Bonchev–Trinajstić information content (AvgIpc) is 3.11. The standard InChI is InChI=1S/C17H23N3OS/c1-12-11-14(19-17(22)18-13-5-2-3-6-13)8-9-15(12)20-10-4-7-16(20)21/h8-9,11,13H,2-7,10H2,1H3,(H2,18,19,22). The lowest BCUT2D eigenvalue weighted by molar-refractivity contribution is -0.117. The first-order valence-electron chi connectivity index (χ1n) is 8.12. The minimum absolute atomic E-state index is 0.224. The topological polar surface area (TPSA) is 44.4 Å². The maximum absolute atomic E-state index is 11.9. The molecule has 0 unspecified atom stereocenters. The summed E-state index contributed by atoms with van der Waals surface area (Å²) in [4.78, 5) is 13.7. The zero-order valence-corrected chi connectivity index (χ0v) is 13.8. The lowest BCUT2D eigenvalue weighted by Gasteiger charge is -2.20. The number of benzene rings is 1. The van der Waals surface area contributed by atoms with E-state index < -0.39 is 0 Å². The number of amides is 1. The normalized spacial score (nSPS) is 18.8. The number of thiocarbonyl (C=S) groups is 1. The van der Waals surface area contributed by atoms with Gasteiger partial charge in [0.15, 0.2) is 5.11 Å². The molecule has 2 N–H and O–H groups in total. The summed E-state index contributed by atoms with van der Waals surface area (Å²) in [6, 6.07) is 6.58. The van der Waals surface area contributed by atoms with Gasteiger partial charge in [0, 0.05) is 30.4 Å². The minimum Gasteiger partial charge on any atom is -0.360 e. The van der Waals surface area contributed by atoms with Gasteiger partial charge in [0.1, 0.15) is 0 Å². The highest BCUT2D eigenvalue weighted by atomic mass is 32.1. The molecule has 1 saturated carbocycles. The summed E-state index contributed by atoms with van der Waals surface area (Å²) in [5, 5.41) is 7.33. The van der Waals surface area contributed by atoms with Gasteiger partial charge in [-0.15, -0.1) is 0 Å². The van der Waals surface area contributed by atoms with Gasteiger partial charge in [0.2, 0.25) is 5.91 Å². The van der Waals surface area contributed by atoms with Crippen molar-refractivity contribution in [3.05, 3.63) is 23.8 Å². The molecule has 118 valence electrons. The van der Waals surface area contributed by atoms with Crippen molar-refractivity contribution in [3.8, 4) is 0 Å². The summed E-state index contributed by atoms with van der Waals surface area (Å²) < 4.78 is 0. The van der Waals surface area contributed by atoms with E-state index in [1.165, 1.54) is 25.7 Å². The van der Waals surface area contributed by atoms with Gasteiger partial charge in [-0.1, -0.05) is 12.8 Å². The van der Waals surface area contributed by atoms with E-state index in [-0.39, 0.29) is 5.91 Å². The largest absolute Gasteiger partial charge is 0.360 e. The van der Waals surface area contributed by atoms with Crippen molar-refractivity contribution in [2.45, 2.75) is 51.5 Å². The molecule has 1 aliphatic heterocycles. The summed E-state index contributed by atoms with van der Waals surface area (Å²) >= 11 is 5.39. The molecule has 0 aromatic heterocycles. The van der Waals surface area contributed by atoms with E-state index in [4.69, 9.17) is 12.2 Å². The predicted octanol–water partition coefficient (Wildman–Crippen LogP) is 3.35. The Morgan fingerprint density at radius 1 is 1.27 bits per heavy atom. The maximum atomic E-state index is 11.9. The van der Waals surface area contributed by atoms with Crippen LogP contribution in [0.25, 0.3) is 0 Å². The quantitative estimate of drug-likeness (QED) is 0.839. The van der Waals surface area contributed by atoms with Gasteiger partial charge in [-0.2, -0.15) is 0 Å². The first-order chi connectivity index (χ1) is 10.6. The van der Waals surface area contributed by atoms with Crippen molar-refractivity contribution >= 4 is 34.6 Å². The highest BCUT2D eigenvalue weighted by Crippen LogP contribution is 2.27. The van der Waals surface area contributed by atoms with Gasteiger partial charge in [0.25, 0.3) is 0 Å². The van der Waals surface area contributed by atoms with Crippen LogP contribution in [0.2, 0.25) is 0 Å². The van der Waals surface area contributed by atoms with Crippen LogP contribution in [0.1, 0.15) is 44.1 Å². The molecular weight excluding hydrogens is 294 g/mol. The van der Waals surface area contributed by atoms with Gasteiger partial charge in [-0.05, 0) is 62.2 Å². The number of nitrogens with one attached hydrogen (secondary N) is 2. The Hall–Kier alpha value is -1.62. The van der Waals surface area contributed by atoms with Gasteiger partial charge in [-0.3, -0.25) is 4.79 Å². The van der Waals surface area contributed by atoms with E-state index in [0.29, 0.717) is 17.6 Å². The van der Waals surface area contributed by atoms with Crippen LogP contribution in [-0.4, -0.2) is 23.6 Å². The fourth-order valence-corrected chi connectivity index (χ4v) is 3.65. The van der Waals surface area contributed by atoms with Crippen molar-refractivity contribution < 1.29 is 4.79 Å².